The zero-order chi connectivity index (χ0) is 17.6. The van der Waals surface area contributed by atoms with E-state index in [0.29, 0.717) is 0 Å². The number of carboxylic acids is 1. The minimum Gasteiger partial charge on any atom is -0.490 e. The molecule has 2 N–H and O–H groups in total. The number of nitro benzene ring substituents is 1. The molecular weight excluding hydrogens is 308 g/mol. The van der Waals surface area contributed by atoms with E-state index in [1.165, 1.54) is 32.2 Å². The van der Waals surface area contributed by atoms with Gasteiger partial charge in [-0.2, -0.15) is 0 Å². The molecule has 0 aliphatic rings. The van der Waals surface area contributed by atoms with Crippen molar-refractivity contribution in [3.8, 4) is 11.5 Å². The first-order valence-electron chi connectivity index (χ1n) is 6.73. The fourth-order valence-electron chi connectivity index (χ4n) is 1.68. The van der Waals surface area contributed by atoms with Crippen molar-refractivity contribution in [2.24, 2.45) is 5.92 Å². The molecule has 126 valence electrons. The Morgan fingerprint density at radius 2 is 2.04 bits per heavy atom. The lowest BCUT2D eigenvalue weighted by atomic mass is 10.0. The molecule has 0 saturated heterocycles. The van der Waals surface area contributed by atoms with Gasteiger partial charge in [0.15, 0.2) is 6.61 Å². The summed E-state index contributed by atoms with van der Waals surface area (Å²) in [6.07, 6.45) is 0. The van der Waals surface area contributed by atoms with Gasteiger partial charge < -0.3 is 19.9 Å². The van der Waals surface area contributed by atoms with E-state index in [9.17, 15) is 19.7 Å². The van der Waals surface area contributed by atoms with Crippen molar-refractivity contribution in [2.75, 3.05) is 13.7 Å². The Morgan fingerprint density at radius 1 is 1.39 bits per heavy atom. The number of ether oxygens (including phenoxy) is 2. The summed E-state index contributed by atoms with van der Waals surface area (Å²) in [5.74, 6) is -2.01. The number of hydrogen-bond donors (Lipinski definition) is 2. The Morgan fingerprint density at radius 3 is 2.57 bits per heavy atom. The minimum atomic E-state index is -1.01. The molecule has 0 aromatic heterocycles. The Hall–Kier alpha value is -2.84. The van der Waals surface area contributed by atoms with Gasteiger partial charge in [0, 0.05) is 18.2 Å². The number of carboxylic acid groups (broad SMARTS) is 1. The number of methoxy groups -OCH3 is 1. The summed E-state index contributed by atoms with van der Waals surface area (Å²) in [5, 5.41) is 22.1. The van der Waals surface area contributed by atoms with Gasteiger partial charge in [0.1, 0.15) is 5.75 Å². The average molecular weight is 326 g/mol. The second-order valence-corrected chi connectivity index (χ2v) is 4.86. The zero-order valence-electron chi connectivity index (χ0n) is 12.9. The van der Waals surface area contributed by atoms with Crippen LogP contribution in [0.1, 0.15) is 13.8 Å². The number of carbonyl (C=O) groups is 2. The highest BCUT2D eigenvalue weighted by atomic mass is 16.6. The second-order valence-electron chi connectivity index (χ2n) is 4.86. The third-order valence-electron chi connectivity index (χ3n) is 3.25. The van der Waals surface area contributed by atoms with Crippen LogP contribution in [-0.2, 0) is 9.59 Å². The predicted molar refractivity (Wildman–Crippen MR) is 79.5 cm³/mol. The summed E-state index contributed by atoms with van der Waals surface area (Å²) in [6, 6.07) is 3.29. The minimum absolute atomic E-state index is 0.0146. The Balaban J connectivity index is 2.63. The van der Waals surface area contributed by atoms with Crippen molar-refractivity contribution >= 4 is 17.6 Å². The first-order chi connectivity index (χ1) is 10.8. The lowest BCUT2D eigenvalue weighted by Crippen LogP contribution is -2.42. The fraction of sp³-hybridized carbons (Fsp3) is 0.429. The highest BCUT2D eigenvalue weighted by Crippen LogP contribution is 2.30. The van der Waals surface area contributed by atoms with Gasteiger partial charge in [-0.1, -0.05) is 0 Å². The predicted octanol–water partition coefficient (Wildman–Crippen LogP) is 1.21. The van der Waals surface area contributed by atoms with Gasteiger partial charge in [0.05, 0.1) is 18.0 Å². The largest absolute Gasteiger partial charge is 0.490 e. The maximum Gasteiger partial charge on any atom is 0.311 e. The molecule has 1 aromatic rings. The monoisotopic (exact) mass is 326 g/mol. The maximum atomic E-state index is 11.7. The molecule has 0 aliphatic heterocycles. The second kappa shape index (κ2) is 7.97. The SMILES string of the molecule is COc1cc(OCC(=O)NC(C)C(C)C(=O)O)ccc1[N+](=O)[O-]. The van der Waals surface area contributed by atoms with Gasteiger partial charge in [-0.15, -0.1) is 0 Å². The van der Waals surface area contributed by atoms with E-state index in [4.69, 9.17) is 14.6 Å². The number of hydrogen-bond acceptors (Lipinski definition) is 6. The van der Waals surface area contributed by atoms with E-state index in [2.05, 4.69) is 5.32 Å². The molecule has 0 aliphatic carbocycles. The van der Waals surface area contributed by atoms with Crippen LogP contribution in [0, 0.1) is 16.0 Å². The van der Waals surface area contributed by atoms with Crippen molar-refractivity contribution < 1.29 is 29.1 Å². The number of carbonyl (C=O) groups excluding carboxylic acids is 1. The van der Waals surface area contributed by atoms with Gasteiger partial charge in [-0.3, -0.25) is 19.7 Å². The molecule has 0 heterocycles. The zero-order valence-corrected chi connectivity index (χ0v) is 12.9. The van der Waals surface area contributed by atoms with Crippen LogP contribution in [0.15, 0.2) is 18.2 Å². The van der Waals surface area contributed by atoms with E-state index in [1.807, 2.05) is 0 Å². The van der Waals surface area contributed by atoms with Gasteiger partial charge in [0.2, 0.25) is 5.75 Å². The fourth-order valence-corrected chi connectivity index (χ4v) is 1.68. The van der Waals surface area contributed by atoms with E-state index in [-0.39, 0.29) is 23.8 Å². The van der Waals surface area contributed by atoms with Gasteiger partial charge in [-0.25, -0.2) is 0 Å². The number of aliphatic carboxylic acids is 1. The van der Waals surface area contributed by atoms with Crippen LogP contribution in [0.5, 0.6) is 11.5 Å². The van der Waals surface area contributed by atoms with Crippen molar-refractivity contribution in [1.82, 2.24) is 5.32 Å². The maximum absolute atomic E-state index is 11.7. The first-order valence-corrected chi connectivity index (χ1v) is 6.73. The molecule has 0 saturated carbocycles. The molecule has 0 radical (unpaired) electrons. The van der Waals surface area contributed by atoms with Crippen LogP contribution >= 0.6 is 0 Å². The number of nitrogens with zero attached hydrogens (tertiary/aromatic N) is 1. The van der Waals surface area contributed by atoms with Crippen LogP contribution in [0.4, 0.5) is 5.69 Å². The van der Waals surface area contributed by atoms with Gasteiger partial charge in [0.25, 0.3) is 5.91 Å². The van der Waals surface area contributed by atoms with Crippen LogP contribution < -0.4 is 14.8 Å². The van der Waals surface area contributed by atoms with Crippen molar-refractivity contribution in [2.45, 2.75) is 19.9 Å². The Kier molecular flexibility index (Phi) is 6.31. The molecule has 0 bridgehead atoms. The Labute approximate surface area is 132 Å². The summed E-state index contributed by atoms with van der Waals surface area (Å²) in [6.45, 7) is 2.71. The third kappa shape index (κ3) is 5.13. The number of rotatable bonds is 8. The summed E-state index contributed by atoms with van der Waals surface area (Å²) >= 11 is 0. The molecule has 2 atom stereocenters. The summed E-state index contributed by atoms with van der Waals surface area (Å²) in [4.78, 5) is 32.7. The highest BCUT2D eigenvalue weighted by molar-refractivity contribution is 5.79. The number of benzene rings is 1. The van der Waals surface area contributed by atoms with Crippen molar-refractivity contribution in [3.63, 3.8) is 0 Å². The van der Waals surface area contributed by atoms with Crippen LogP contribution in [-0.4, -0.2) is 41.7 Å². The van der Waals surface area contributed by atoms with Crippen molar-refractivity contribution in [1.29, 1.82) is 0 Å². The smallest absolute Gasteiger partial charge is 0.311 e. The van der Waals surface area contributed by atoms with E-state index < -0.39 is 28.8 Å². The normalized spacial score (nSPS) is 12.8. The molecule has 1 aromatic carbocycles. The highest BCUT2D eigenvalue weighted by Gasteiger charge is 2.21. The number of amides is 1. The lowest BCUT2D eigenvalue weighted by Gasteiger charge is -2.17. The van der Waals surface area contributed by atoms with Gasteiger partial charge >= 0.3 is 11.7 Å². The molecule has 9 nitrogen and oxygen atoms in total. The summed E-state index contributed by atoms with van der Waals surface area (Å²) < 4.78 is 10.1. The number of nitrogens with one attached hydrogen (secondary N) is 1. The molecule has 0 fully saturated rings. The standard InChI is InChI=1S/C14H18N2O7/c1-8(14(18)19)9(2)15-13(17)7-23-10-4-5-11(16(20)21)12(6-10)22-3/h4-6,8-9H,7H2,1-3H3,(H,15,17)(H,18,19). The van der Waals surface area contributed by atoms with Crippen molar-refractivity contribution in [3.05, 3.63) is 28.3 Å². The summed E-state index contributed by atoms with van der Waals surface area (Å²) in [5.41, 5.74) is -0.215. The molecule has 1 amide bonds. The Bertz CT molecular complexity index is 603. The van der Waals surface area contributed by atoms with E-state index in [0.717, 1.165) is 0 Å². The lowest BCUT2D eigenvalue weighted by molar-refractivity contribution is -0.385. The summed E-state index contributed by atoms with van der Waals surface area (Å²) in [7, 11) is 1.29. The third-order valence-corrected chi connectivity index (χ3v) is 3.25. The topological polar surface area (TPSA) is 128 Å². The molecule has 23 heavy (non-hydrogen) atoms. The molecule has 0 spiro atoms. The quantitative estimate of drug-likeness (QED) is 0.542. The van der Waals surface area contributed by atoms with Crippen LogP contribution in [0.3, 0.4) is 0 Å². The molecule has 1 rings (SSSR count). The first kappa shape index (κ1) is 18.2. The average Bonchev–Trinajstić information content (AvgIpc) is 2.51. The van der Waals surface area contributed by atoms with E-state index in [1.54, 1.807) is 6.92 Å². The van der Waals surface area contributed by atoms with Crippen LogP contribution in [0.25, 0.3) is 0 Å². The number of nitro groups is 1. The van der Waals surface area contributed by atoms with E-state index >= 15 is 0 Å². The van der Waals surface area contributed by atoms with Crippen LogP contribution in [0.2, 0.25) is 0 Å². The molecular formula is C14H18N2O7. The molecule has 9 heteroatoms. The van der Waals surface area contributed by atoms with Gasteiger partial charge in [-0.05, 0) is 19.9 Å². The molecule has 2 unspecified atom stereocenters.